The standard InChI is InChI=1S/C29H33N3O2/c1-19(2)21-15-26(24-8-5-13-30-27(24)16-21)29(11-12-29)31-28(33)25-17-23(10-9-20(25)3)34-18-22-7-6-14-32(22)4/h5,8-10,13,15-17,22H,1,6-7,11-12,14,18H2,2-4H3,(H,31,33)/t22-/m0/s1. The average Bonchev–Trinajstić information content (AvgIpc) is 3.49. The van der Waals surface area contributed by atoms with Crippen molar-refractivity contribution in [2.75, 3.05) is 20.2 Å². The number of hydrogen-bond acceptors (Lipinski definition) is 4. The highest BCUT2D eigenvalue weighted by Crippen LogP contribution is 2.48. The molecule has 5 heteroatoms. The number of aromatic nitrogens is 1. The number of pyridine rings is 1. The summed E-state index contributed by atoms with van der Waals surface area (Å²) in [5.74, 6) is 0.691. The summed E-state index contributed by atoms with van der Waals surface area (Å²) in [6.45, 7) is 9.87. The molecule has 1 aromatic heterocycles. The topological polar surface area (TPSA) is 54.5 Å². The number of aryl methyl sites for hydroxylation is 1. The number of allylic oxidation sites excluding steroid dienone is 1. The fourth-order valence-corrected chi connectivity index (χ4v) is 5.01. The molecular formula is C29H33N3O2. The first-order valence-electron chi connectivity index (χ1n) is 12.2. The molecule has 1 amide bonds. The molecule has 34 heavy (non-hydrogen) atoms. The van der Waals surface area contributed by atoms with E-state index in [1.165, 1.54) is 6.42 Å². The molecule has 1 aliphatic carbocycles. The molecule has 0 radical (unpaired) electrons. The smallest absolute Gasteiger partial charge is 0.252 e. The van der Waals surface area contributed by atoms with Gasteiger partial charge in [0.1, 0.15) is 12.4 Å². The van der Waals surface area contributed by atoms with Crippen LogP contribution in [0.25, 0.3) is 16.5 Å². The summed E-state index contributed by atoms with van der Waals surface area (Å²) < 4.78 is 6.10. The van der Waals surface area contributed by atoms with Crippen molar-refractivity contribution in [2.24, 2.45) is 0 Å². The third kappa shape index (κ3) is 4.32. The zero-order valence-electron chi connectivity index (χ0n) is 20.4. The highest BCUT2D eigenvalue weighted by Gasteiger charge is 2.47. The predicted molar refractivity (Wildman–Crippen MR) is 137 cm³/mol. The van der Waals surface area contributed by atoms with E-state index in [4.69, 9.17) is 4.74 Å². The van der Waals surface area contributed by atoms with Gasteiger partial charge in [-0.2, -0.15) is 0 Å². The van der Waals surface area contributed by atoms with Crippen LogP contribution in [-0.4, -0.2) is 42.0 Å². The highest BCUT2D eigenvalue weighted by molar-refractivity contribution is 5.97. The fourth-order valence-electron chi connectivity index (χ4n) is 5.01. The molecule has 2 fully saturated rings. The molecule has 1 atom stereocenters. The molecule has 176 valence electrons. The molecule has 1 N–H and O–H groups in total. The number of ether oxygens (including phenoxy) is 1. The molecule has 0 spiro atoms. The molecule has 0 bridgehead atoms. The summed E-state index contributed by atoms with van der Waals surface area (Å²) >= 11 is 0. The number of nitrogens with one attached hydrogen (secondary N) is 1. The van der Waals surface area contributed by atoms with E-state index in [0.29, 0.717) is 18.2 Å². The van der Waals surface area contributed by atoms with E-state index in [1.54, 1.807) is 0 Å². The Bertz CT molecular complexity index is 1260. The third-order valence-corrected chi connectivity index (χ3v) is 7.40. The van der Waals surface area contributed by atoms with Crippen molar-refractivity contribution < 1.29 is 9.53 Å². The first-order chi connectivity index (χ1) is 16.4. The number of amides is 1. The lowest BCUT2D eigenvalue weighted by Gasteiger charge is -2.22. The molecular weight excluding hydrogens is 422 g/mol. The van der Waals surface area contributed by atoms with Gasteiger partial charge in [0.15, 0.2) is 0 Å². The Morgan fingerprint density at radius 2 is 2.09 bits per heavy atom. The van der Waals surface area contributed by atoms with Gasteiger partial charge in [-0.1, -0.05) is 24.3 Å². The normalized spacial score (nSPS) is 19.2. The first-order valence-corrected chi connectivity index (χ1v) is 12.2. The maximum atomic E-state index is 13.5. The number of likely N-dealkylation sites (N-methyl/N-ethyl adjacent to an activating group) is 1. The van der Waals surface area contributed by atoms with Crippen LogP contribution in [0.3, 0.4) is 0 Å². The molecule has 2 aliphatic rings. The quantitative estimate of drug-likeness (QED) is 0.513. The number of rotatable bonds is 7. The second-order valence-electron chi connectivity index (χ2n) is 9.97. The molecule has 5 nitrogen and oxygen atoms in total. The summed E-state index contributed by atoms with van der Waals surface area (Å²) in [7, 11) is 2.15. The van der Waals surface area contributed by atoms with Crippen LogP contribution >= 0.6 is 0 Å². The second-order valence-corrected chi connectivity index (χ2v) is 9.97. The number of fused-ring (bicyclic) bond motifs is 1. The van der Waals surface area contributed by atoms with Crippen LogP contribution < -0.4 is 10.1 Å². The SMILES string of the molecule is C=C(C)c1cc(C2(NC(=O)c3cc(OC[C@@H]4CCCN4C)ccc3C)CC2)c2cccnc2c1. The van der Waals surface area contributed by atoms with Gasteiger partial charge in [-0.05, 0) is 100 Å². The number of nitrogens with zero attached hydrogens (tertiary/aromatic N) is 2. The van der Waals surface area contributed by atoms with E-state index >= 15 is 0 Å². The van der Waals surface area contributed by atoms with E-state index in [0.717, 1.165) is 64.7 Å². The molecule has 5 rings (SSSR count). The largest absolute Gasteiger partial charge is 0.492 e. The minimum Gasteiger partial charge on any atom is -0.492 e. The van der Waals surface area contributed by atoms with E-state index < -0.39 is 0 Å². The van der Waals surface area contributed by atoms with Gasteiger partial charge >= 0.3 is 0 Å². The van der Waals surface area contributed by atoms with Crippen LogP contribution in [0.4, 0.5) is 0 Å². The van der Waals surface area contributed by atoms with Crippen LogP contribution in [0.15, 0.2) is 55.2 Å². The molecule has 2 heterocycles. The van der Waals surface area contributed by atoms with Gasteiger partial charge < -0.3 is 15.0 Å². The Hall–Kier alpha value is -3.18. The number of hydrogen-bond donors (Lipinski definition) is 1. The highest BCUT2D eigenvalue weighted by atomic mass is 16.5. The van der Waals surface area contributed by atoms with E-state index in [1.807, 2.05) is 44.3 Å². The average molecular weight is 456 g/mol. The molecule has 2 aromatic carbocycles. The Labute approximate surface area is 201 Å². The third-order valence-electron chi connectivity index (χ3n) is 7.40. The van der Waals surface area contributed by atoms with Crippen molar-refractivity contribution in [3.63, 3.8) is 0 Å². The number of carbonyl (C=O) groups excluding carboxylic acids is 1. The Morgan fingerprint density at radius 3 is 2.79 bits per heavy atom. The van der Waals surface area contributed by atoms with Crippen molar-refractivity contribution in [1.82, 2.24) is 15.2 Å². The zero-order chi connectivity index (χ0) is 23.9. The Morgan fingerprint density at radius 1 is 1.26 bits per heavy atom. The van der Waals surface area contributed by atoms with Gasteiger partial charge in [0.05, 0.1) is 11.1 Å². The molecule has 1 saturated heterocycles. The van der Waals surface area contributed by atoms with Crippen molar-refractivity contribution in [3.05, 3.63) is 77.5 Å². The summed E-state index contributed by atoms with van der Waals surface area (Å²) in [6.07, 6.45) is 6.00. The lowest BCUT2D eigenvalue weighted by Crippen LogP contribution is -2.35. The maximum Gasteiger partial charge on any atom is 0.252 e. The first kappa shape index (κ1) is 22.6. The van der Waals surface area contributed by atoms with Crippen LogP contribution in [0.5, 0.6) is 5.75 Å². The number of carbonyl (C=O) groups is 1. The monoisotopic (exact) mass is 455 g/mol. The Kier molecular flexibility index (Phi) is 5.90. The van der Waals surface area contributed by atoms with Gasteiger partial charge in [-0.25, -0.2) is 0 Å². The van der Waals surface area contributed by atoms with Gasteiger partial charge in [-0.15, -0.1) is 0 Å². The fraction of sp³-hybridized carbons (Fsp3) is 0.379. The minimum absolute atomic E-state index is 0.0591. The van der Waals surface area contributed by atoms with Gasteiger partial charge in [0.25, 0.3) is 5.91 Å². The lowest BCUT2D eigenvalue weighted by atomic mass is 9.94. The maximum absolute atomic E-state index is 13.5. The lowest BCUT2D eigenvalue weighted by molar-refractivity contribution is 0.0930. The van der Waals surface area contributed by atoms with E-state index in [2.05, 4.69) is 47.0 Å². The molecule has 1 aliphatic heterocycles. The van der Waals surface area contributed by atoms with Crippen molar-refractivity contribution in [2.45, 2.75) is 51.1 Å². The number of benzene rings is 2. The molecule has 3 aromatic rings. The van der Waals surface area contributed by atoms with E-state index in [9.17, 15) is 4.79 Å². The van der Waals surface area contributed by atoms with Crippen molar-refractivity contribution >= 4 is 22.4 Å². The van der Waals surface area contributed by atoms with E-state index in [-0.39, 0.29) is 11.4 Å². The second kappa shape index (κ2) is 8.88. The van der Waals surface area contributed by atoms with Crippen LogP contribution in [0, 0.1) is 6.92 Å². The summed E-state index contributed by atoms with van der Waals surface area (Å²) in [4.78, 5) is 20.4. The Balaban J connectivity index is 1.40. The summed E-state index contributed by atoms with van der Waals surface area (Å²) in [5.41, 5.74) is 5.35. The number of likely N-dealkylation sites (tertiary alicyclic amines) is 1. The molecule has 0 unspecified atom stereocenters. The zero-order valence-corrected chi connectivity index (χ0v) is 20.4. The minimum atomic E-state index is -0.375. The van der Waals surface area contributed by atoms with Crippen LogP contribution in [0.1, 0.15) is 59.7 Å². The van der Waals surface area contributed by atoms with Crippen molar-refractivity contribution in [3.8, 4) is 5.75 Å². The summed E-state index contributed by atoms with van der Waals surface area (Å²) in [6, 6.07) is 14.6. The van der Waals surface area contributed by atoms with Gasteiger partial charge in [0, 0.05) is 23.2 Å². The van der Waals surface area contributed by atoms with Crippen LogP contribution in [0.2, 0.25) is 0 Å². The predicted octanol–water partition coefficient (Wildman–Crippen LogP) is 5.47. The van der Waals surface area contributed by atoms with Gasteiger partial charge in [0.2, 0.25) is 0 Å². The van der Waals surface area contributed by atoms with Crippen molar-refractivity contribution in [1.29, 1.82) is 0 Å². The van der Waals surface area contributed by atoms with Gasteiger partial charge in [-0.3, -0.25) is 9.78 Å². The molecule has 1 saturated carbocycles. The summed E-state index contributed by atoms with van der Waals surface area (Å²) in [5, 5.41) is 4.45. The van der Waals surface area contributed by atoms with Crippen LogP contribution in [-0.2, 0) is 5.54 Å².